The minimum Gasteiger partial charge on any atom is -0.508 e. The van der Waals surface area contributed by atoms with Gasteiger partial charge in [0, 0.05) is 0 Å². The van der Waals surface area contributed by atoms with Crippen LogP contribution in [0.15, 0.2) is 48.5 Å². The number of para-hydroxylation sites is 1. The monoisotopic (exact) mass is 274 g/mol. The number of nitrogens with one attached hydrogen (secondary N) is 1. The van der Waals surface area contributed by atoms with Crippen molar-refractivity contribution in [1.82, 2.24) is 0 Å². The van der Waals surface area contributed by atoms with E-state index in [1.54, 1.807) is 24.3 Å². The third kappa shape index (κ3) is 3.55. The van der Waals surface area contributed by atoms with Gasteiger partial charge in [-0.2, -0.15) is 0 Å². The smallest absolute Gasteiger partial charge is 0.241 e. The van der Waals surface area contributed by atoms with E-state index in [4.69, 9.17) is 5.73 Å². The van der Waals surface area contributed by atoms with E-state index >= 15 is 0 Å². The van der Waals surface area contributed by atoms with Crippen molar-refractivity contribution in [2.45, 2.75) is 12.5 Å². The third-order valence-electron chi connectivity index (χ3n) is 2.86. The van der Waals surface area contributed by atoms with Crippen molar-refractivity contribution >= 4 is 11.6 Å². The van der Waals surface area contributed by atoms with E-state index in [1.165, 1.54) is 24.3 Å². The molecule has 1 unspecified atom stereocenters. The fraction of sp³-hybridized carbons (Fsp3) is 0.133. The highest BCUT2D eigenvalue weighted by atomic mass is 19.1. The summed E-state index contributed by atoms with van der Waals surface area (Å²) in [7, 11) is 0. The molecule has 2 aromatic rings. The second kappa shape index (κ2) is 6.16. The second-order valence-electron chi connectivity index (χ2n) is 4.45. The van der Waals surface area contributed by atoms with Crippen LogP contribution < -0.4 is 11.1 Å². The van der Waals surface area contributed by atoms with Gasteiger partial charge in [0.25, 0.3) is 0 Å². The fourth-order valence-electron chi connectivity index (χ4n) is 1.77. The number of rotatable bonds is 4. The summed E-state index contributed by atoms with van der Waals surface area (Å²) in [4.78, 5) is 11.9. The summed E-state index contributed by atoms with van der Waals surface area (Å²) in [6.07, 6.45) is 0.306. The maximum Gasteiger partial charge on any atom is 0.241 e. The van der Waals surface area contributed by atoms with E-state index in [-0.39, 0.29) is 11.4 Å². The number of phenols is 1. The van der Waals surface area contributed by atoms with Crippen molar-refractivity contribution in [3.05, 3.63) is 59.9 Å². The first-order chi connectivity index (χ1) is 9.56. The number of amides is 1. The molecule has 4 N–H and O–H groups in total. The predicted octanol–water partition coefficient (Wildman–Crippen LogP) is 2.04. The minimum atomic E-state index is -0.792. The summed E-state index contributed by atoms with van der Waals surface area (Å²) in [6, 6.07) is 11.5. The van der Waals surface area contributed by atoms with Crippen molar-refractivity contribution in [2.24, 2.45) is 5.73 Å². The number of benzene rings is 2. The molecule has 1 amide bonds. The van der Waals surface area contributed by atoms with Crippen LogP contribution in [0.5, 0.6) is 5.75 Å². The Morgan fingerprint density at radius 1 is 1.20 bits per heavy atom. The second-order valence-corrected chi connectivity index (χ2v) is 4.45. The average molecular weight is 274 g/mol. The summed E-state index contributed by atoms with van der Waals surface area (Å²) in [5, 5.41) is 11.6. The Bertz CT molecular complexity index is 599. The molecular weight excluding hydrogens is 259 g/mol. The third-order valence-corrected chi connectivity index (χ3v) is 2.86. The van der Waals surface area contributed by atoms with E-state index in [0.29, 0.717) is 6.42 Å². The van der Waals surface area contributed by atoms with Crippen LogP contribution in [0.2, 0.25) is 0 Å². The lowest BCUT2D eigenvalue weighted by atomic mass is 10.1. The lowest BCUT2D eigenvalue weighted by molar-refractivity contribution is -0.117. The molecule has 0 heterocycles. The van der Waals surface area contributed by atoms with E-state index in [2.05, 4.69) is 5.32 Å². The van der Waals surface area contributed by atoms with E-state index in [1.807, 2.05) is 0 Å². The van der Waals surface area contributed by atoms with E-state index in [0.717, 1.165) is 5.56 Å². The molecule has 0 fully saturated rings. The number of hydrogen-bond donors (Lipinski definition) is 3. The Balaban J connectivity index is 1.99. The average Bonchev–Trinajstić information content (AvgIpc) is 2.44. The number of anilines is 1. The molecule has 2 rings (SSSR count). The number of halogens is 1. The zero-order chi connectivity index (χ0) is 14.5. The molecule has 5 heteroatoms. The van der Waals surface area contributed by atoms with Crippen LogP contribution >= 0.6 is 0 Å². The highest BCUT2D eigenvalue weighted by molar-refractivity contribution is 5.94. The molecule has 0 aliphatic carbocycles. The molecule has 0 saturated carbocycles. The van der Waals surface area contributed by atoms with Gasteiger partial charge in [0.1, 0.15) is 11.6 Å². The molecule has 2 aromatic carbocycles. The minimum absolute atomic E-state index is 0.110. The van der Waals surface area contributed by atoms with Crippen LogP contribution in [-0.4, -0.2) is 17.1 Å². The summed E-state index contributed by atoms with van der Waals surface area (Å²) in [5.41, 5.74) is 6.72. The van der Waals surface area contributed by atoms with Gasteiger partial charge in [-0.15, -0.1) is 0 Å². The molecule has 0 spiro atoms. The number of aromatic hydroxyl groups is 1. The maximum absolute atomic E-state index is 13.4. The fourth-order valence-corrected chi connectivity index (χ4v) is 1.77. The maximum atomic E-state index is 13.4. The lowest BCUT2D eigenvalue weighted by Crippen LogP contribution is -2.37. The largest absolute Gasteiger partial charge is 0.508 e. The van der Waals surface area contributed by atoms with Gasteiger partial charge in [0.05, 0.1) is 11.7 Å². The van der Waals surface area contributed by atoms with Crippen LogP contribution in [0, 0.1) is 5.82 Å². The van der Waals surface area contributed by atoms with E-state index in [9.17, 15) is 14.3 Å². The van der Waals surface area contributed by atoms with Gasteiger partial charge in [-0.25, -0.2) is 4.39 Å². The van der Waals surface area contributed by atoms with Gasteiger partial charge in [0.15, 0.2) is 0 Å². The first kappa shape index (κ1) is 14.0. The molecule has 4 nitrogen and oxygen atoms in total. The number of phenolic OH excluding ortho intramolecular Hbond substituents is 1. The van der Waals surface area contributed by atoms with Crippen LogP contribution in [0.25, 0.3) is 0 Å². The van der Waals surface area contributed by atoms with Gasteiger partial charge in [0.2, 0.25) is 5.91 Å². The van der Waals surface area contributed by atoms with Crippen LogP contribution in [0.4, 0.5) is 10.1 Å². The number of hydrogen-bond acceptors (Lipinski definition) is 3. The van der Waals surface area contributed by atoms with Crippen molar-refractivity contribution in [3.63, 3.8) is 0 Å². The van der Waals surface area contributed by atoms with Gasteiger partial charge in [-0.3, -0.25) is 4.79 Å². The topological polar surface area (TPSA) is 75.3 Å². The lowest BCUT2D eigenvalue weighted by Gasteiger charge is -2.12. The first-order valence-corrected chi connectivity index (χ1v) is 6.15. The molecular formula is C15H15FN2O2. The molecule has 0 radical (unpaired) electrons. The Morgan fingerprint density at radius 3 is 2.50 bits per heavy atom. The van der Waals surface area contributed by atoms with Crippen molar-refractivity contribution < 1.29 is 14.3 Å². The highest BCUT2D eigenvalue weighted by Gasteiger charge is 2.15. The number of carbonyl (C=O) groups is 1. The van der Waals surface area contributed by atoms with Gasteiger partial charge < -0.3 is 16.2 Å². The summed E-state index contributed by atoms with van der Waals surface area (Å²) >= 11 is 0. The van der Waals surface area contributed by atoms with Gasteiger partial charge in [-0.05, 0) is 36.2 Å². The van der Waals surface area contributed by atoms with Crippen molar-refractivity contribution in [2.75, 3.05) is 5.32 Å². The zero-order valence-corrected chi connectivity index (χ0v) is 10.7. The first-order valence-electron chi connectivity index (χ1n) is 6.15. The van der Waals surface area contributed by atoms with Crippen molar-refractivity contribution in [3.8, 4) is 5.75 Å². The molecule has 0 aliphatic rings. The summed E-state index contributed by atoms with van der Waals surface area (Å²) < 4.78 is 13.4. The Kier molecular flexibility index (Phi) is 4.32. The highest BCUT2D eigenvalue weighted by Crippen LogP contribution is 2.14. The molecule has 0 saturated heterocycles. The summed E-state index contributed by atoms with van der Waals surface area (Å²) in [5.74, 6) is -0.806. The van der Waals surface area contributed by atoms with E-state index < -0.39 is 17.8 Å². The molecule has 0 bridgehead atoms. The number of carbonyl (C=O) groups excluding carboxylic acids is 1. The predicted molar refractivity (Wildman–Crippen MR) is 74.8 cm³/mol. The molecule has 0 aliphatic heterocycles. The normalized spacial score (nSPS) is 11.9. The molecule has 104 valence electrons. The Labute approximate surface area is 116 Å². The van der Waals surface area contributed by atoms with Gasteiger partial charge >= 0.3 is 0 Å². The van der Waals surface area contributed by atoms with Crippen molar-refractivity contribution in [1.29, 1.82) is 0 Å². The summed E-state index contributed by atoms with van der Waals surface area (Å²) in [6.45, 7) is 0. The SMILES string of the molecule is NC(Cc1ccc(O)cc1)C(=O)Nc1ccccc1F. The zero-order valence-electron chi connectivity index (χ0n) is 10.7. The standard InChI is InChI=1S/C15H15FN2O2/c16-12-3-1-2-4-14(12)18-15(20)13(17)9-10-5-7-11(19)8-6-10/h1-8,13,19H,9,17H2,(H,18,20). The molecule has 1 atom stereocenters. The van der Waals surface area contributed by atoms with Crippen LogP contribution in [0.3, 0.4) is 0 Å². The molecule has 20 heavy (non-hydrogen) atoms. The van der Waals surface area contributed by atoms with Crippen LogP contribution in [0.1, 0.15) is 5.56 Å². The Hall–Kier alpha value is -2.40. The van der Waals surface area contributed by atoms with Crippen LogP contribution in [-0.2, 0) is 11.2 Å². The quantitative estimate of drug-likeness (QED) is 0.798. The number of nitrogens with two attached hydrogens (primary N) is 1. The van der Waals surface area contributed by atoms with Gasteiger partial charge in [-0.1, -0.05) is 24.3 Å². The molecule has 0 aromatic heterocycles. The Morgan fingerprint density at radius 2 is 1.85 bits per heavy atom.